The summed E-state index contributed by atoms with van der Waals surface area (Å²) in [5.74, 6) is 1.22. The Balaban J connectivity index is 1.59. The molecule has 18 heavy (non-hydrogen) atoms. The number of nitrogens with zero attached hydrogens (tertiary/aromatic N) is 2. The predicted molar refractivity (Wildman–Crippen MR) is 71.8 cm³/mol. The van der Waals surface area contributed by atoms with Crippen LogP contribution in [0.3, 0.4) is 0 Å². The van der Waals surface area contributed by atoms with E-state index in [0.29, 0.717) is 6.10 Å². The van der Waals surface area contributed by atoms with E-state index in [0.717, 1.165) is 13.2 Å². The molecule has 2 aliphatic rings. The number of imidazole rings is 1. The van der Waals surface area contributed by atoms with E-state index in [1.165, 1.54) is 68.6 Å². The standard InChI is InChI=1S/C15H24N2O/c1-12-16-14-8-2-3-9-15(14)17(12)10-4-6-13-7-5-11-18-13/h13H,2-11H2,1H3. The first-order valence-electron chi connectivity index (χ1n) is 7.51. The molecule has 1 aromatic rings. The number of aryl methyl sites for hydroxylation is 2. The lowest BCUT2D eigenvalue weighted by Crippen LogP contribution is -2.12. The van der Waals surface area contributed by atoms with Crippen molar-refractivity contribution in [2.45, 2.75) is 70.9 Å². The molecule has 3 rings (SSSR count). The third-order valence-corrected chi connectivity index (χ3v) is 4.36. The topological polar surface area (TPSA) is 27.1 Å². The van der Waals surface area contributed by atoms with E-state index >= 15 is 0 Å². The largest absolute Gasteiger partial charge is 0.378 e. The van der Waals surface area contributed by atoms with Crippen molar-refractivity contribution >= 4 is 0 Å². The van der Waals surface area contributed by atoms with Gasteiger partial charge in [-0.15, -0.1) is 0 Å². The maximum atomic E-state index is 5.69. The van der Waals surface area contributed by atoms with Crippen molar-refractivity contribution in [2.24, 2.45) is 0 Å². The lowest BCUT2D eigenvalue weighted by atomic mass is 10.0. The minimum absolute atomic E-state index is 0.532. The summed E-state index contributed by atoms with van der Waals surface area (Å²) in [5, 5.41) is 0. The van der Waals surface area contributed by atoms with Gasteiger partial charge in [-0.2, -0.15) is 0 Å². The Morgan fingerprint density at radius 3 is 3.00 bits per heavy atom. The van der Waals surface area contributed by atoms with Gasteiger partial charge in [0.2, 0.25) is 0 Å². The molecule has 1 aliphatic heterocycles. The van der Waals surface area contributed by atoms with Crippen LogP contribution >= 0.6 is 0 Å². The van der Waals surface area contributed by atoms with Gasteiger partial charge in [0.1, 0.15) is 5.82 Å². The van der Waals surface area contributed by atoms with Gasteiger partial charge in [-0.25, -0.2) is 4.98 Å². The van der Waals surface area contributed by atoms with E-state index in [2.05, 4.69) is 11.5 Å². The van der Waals surface area contributed by atoms with E-state index < -0.39 is 0 Å². The molecular weight excluding hydrogens is 224 g/mol. The molecule has 0 bridgehead atoms. The molecule has 0 radical (unpaired) electrons. The monoisotopic (exact) mass is 248 g/mol. The van der Waals surface area contributed by atoms with Crippen LogP contribution in [0.25, 0.3) is 0 Å². The zero-order valence-electron chi connectivity index (χ0n) is 11.5. The molecule has 2 heterocycles. The van der Waals surface area contributed by atoms with Crippen molar-refractivity contribution < 1.29 is 4.74 Å². The fraction of sp³-hybridized carbons (Fsp3) is 0.800. The van der Waals surface area contributed by atoms with E-state index in [-0.39, 0.29) is 0 Å². The predicted octanol–water partition coefficient (Wildman–Crippen LogP) is 3.03. The number of hydrogen-bond donors (Lipinski definition) is 0. The first-order chi connectivity index (χ1) is 8.84. The van der Waals surface area contributed by atoms with Crippen LogP contribution in [-0.2, 0) is 24.1 Å². The zero-order chi connectivity index (χ0) is 12.4. The number of ether oxygens (including phenoxy) is 1. The summed E-state index contributed by atoms with van der Waals surface area (Å²) in [6.07, 6.45) is 10.6. The molecule has 0 saturated carbocycles. The normalized spacial score (nSPS) is 23.3. The van der Waals surface area contributed by atoms with Gasteiger partial charge in [0.25, 0.3) is 0 Å². The van der Waals surface area contributed by atoms with Gasteiger partial charge in [-0.1, -0.05) is 0 Å². The molecule has 3 heteroatoms. The van der Waals surface area contributed by atoms with Gasteiger partial charge in [0, 0.05) is 18.8 Å². The molecule has 0 amide bonds. The Bertz CT molecular complexity index is 405. The van der Waals surface area contributed by atoms with Crippen molar-refractivity contribution in [3.8, 4) is 0 Å². The van der Waals surface area contributed by atoms with Crippen molar-refractivity contribution in [1.82, 2.24) is 9.55 Å². The summed E-state index contributed by atoms with van der Waals surface area (Å²) in [5.41, 5.74) is 2.89. The first kappa shape index (κ1) is 12.2. The SMILES string of the molecule is Cc1nc2c(n1CCCC1CCCO1)CCCC2. The summed E-state index contributed by atoms with van der Waals surface area (Å²) >= 11 is 0. The molecule has 0 spiro atoms. The molecule has 1 atom stereocenters. The second kappa shape index (κ2) is 5.43. The minimum atomic E-state index is 0.532. The molecule has 1 saturated heterocycles. The summed E-state index contributed by atoms with van der Waals surface area (Å²) in [7, 11) is 0. The summed E-state index contributed by atoms with van der Waals surface area (Å²) < 4.78 is 8.15. The third kappa shape index (κ3) is 2.46. The van der Waals surface area contributed by atoms with Crippen LogP contribution in [0.4, 0.5) is 0 Å². The summed E-state index contributed by atoms with van der Waals surface area (Å²) in [6.45, 7) is 4.27. The fourth-order valence-corrected chi connectivity index (χ4v) is 3.38. The molecule has 1 fully saturated rings. The van der Waals surface area contributed by atoms with Crippen molar-refractivity contribution in [1.29, 1.82) is 0 Å². The molecule has 1 unspecified atom stereocenters. The fourth-order valence-electron chi connectivity index (χ4n) is 3.38. The van der Waals surface area contributed by atoms with E-state index in [9.17, 15) is 0 Å². The number of fused-ring (bicyclic) bond motifs is 1. The van der Waals surface area contributed by atoms with Crippen molar-refractivity contribution in [3.63, 3.8) is 0 Å². The van der Waals surface area contributed by atoms with Gasteiger partial charge in [0.15, 0.2) is 0 Å². The molecular formula is C15H24N2O. The van der Waals surface area contributed by atoms with Gasteiger partial charge in [-0.3, -0.25) is 0 Å². The highest BCUT2D eigenvalue weighted by atomic mass is 16.5. The lowest BCUT2D eigenvalue weighted by Gasteiger charge is -2.15. The maximum Gasteiger partial charge on any atom is 0.106 e. The molecule has 1 aliphatic carbocycles. The van der Waals surface area contributed by atoms with Crippen LogP contribution in [0.1, 0.15) is 55.7 Å². The van der Waals surface area contributed by atoms with Crippen LogP contribution in [-0.4, -0.2) is 22.3 Å². The highest BCUT2D eigenvalue weighted by Crippen LogP contribution is 2.23. The summed E-state index contributed by atoms with van der Waals surface area (Å²) in [4.78, 5) is 4.73. The number of hydrogen-bond acceptors (Lipinski definition) is 2. The van der Waals surface area contributed by atoms with Crippen LogP contribution < -0.4 is 0 Å². The number of aromatic nitrogens is 2. The summed E-state index contributed by atoms with van der Waals surface area (Å²) in [6, 6.07) is 0. The quantitative estimate of drug-likeness (QED) is 0.819. The maximum absolute atomic E-state index is 5.69. The molecule has 0 aromatic carbocycles. The van der Waals surface area contributed by atoms with Crippen LogP contribution in [0, 0.1) is 6.92 Å². The average molecular weight is 248 g/mol. The van der Waals surface area contributed by atoms with Crippen LogP contribution in [0.2, 0.25) is 0 Å². The minimum Gasteiger partial charge on any atom is -0.378 e. The molecule has 0 N–H and O–H groups in total. The number of rotatable bonds is 4. The highest BCUT2D eigenvalue weighted by Gasteiger charge is 2.19. The van der Waals surface area contributed by atoms with Gasteiger partial charge >= 0.3 is 0 Å². The zero-order valence-corrected chi connectivity index (χ0v) is 11.5. The van der Waals surface area contributed by atoms with Gasteiger partial charge in [0.05, 0.1) is 11.8 Å². The van der Waals surface area contributed by atoms with Crippen molar-refractivity contribution in [2.75, 3.05) is 6.61 Å². The van der Waals surface area contributed by atoms with Gasteiger partial charge in [-0.05, 0) is 58.3 Å². The Morgan fingerprint density at radius 1 is 1.28 bits per heavy atom. The van der Waals surface area contributed by atoms with E-state index in [4.69, 9.17) is 9.72 Å². The van der Waals surface area contributed by atoms with Crippen molar-refractivity contribution in [3.05, 3.63) is 17.2 Å². The lowest BCUT2D eigenvalue weighted by molar-refractivity contribution is 0.101. The van der Waals surface area contributed by atoms with Crippen LogP contribution in [0.15, 0.2) is 0 Å². The second-order valence-electron chi connectivity index (χ2n) is 5.69. The Morgan fingerprint density at radius 2 is 2.17 bits per heavy atom. The van der Waals surface area contributed by atoms with Gasteiger partial charge < -0.3 is 9.30 Å². The average Bonchev–Trinajstić information content (AvgIpc) is 2.98. The Kier molecular flexibility index (Phi) is 3.69. The second-order valence-corrected chi connectivity index (χ2v) is 5.69. The third-order valence-electron chi connectivity index (χ3n) is 4.36. The Labute approximate surface area is 110 Å². The smallest absolute Gasteiger partial charge is 0.106 e. The Hall–Kier alpha value is -0.830. The van der Waals surface area contributed by atoms with E-state index in [1.54, 1.807) is 0 Å². The van der Waals surface area contributed by atoms with Crippen LogP contribution in [0.5, 0.6) is 0 Å². The molecule has 1 aromatic heterocycles. The molecule has 3 nitrogen and oxygen atoms in total. The first-order valence-corrected chi connectivity index (χ1v) is 7.51. The molecule has 100 valence electrons. The van der Waals surface area contributed by atoms with E-state index in [1.807, 2.05) is 0 Å². The highest BCUT2D eigenvalue weighted by molar-refractivity contribution is 5.19.